The number of hydrogen-bond donors (Lipinski definition) is 1. The fraction of sp³-hybridized carbons (Fsp3) is 0.647. The van der Waals surface area contributed by atoms with Gasteiger partial charge in [-0.05, 0) is 31.7 Å². The van der Waals surface area contributed by atoms with Crippen molar-refractivity contribution in [2.45, 2.75) is 59.2 Å². The molecule has 3 heterocycles. The van der Waals surface area contributed by atoms with Crippen LogP contribution in [0.2, 0.25) is 0 Å². The summed E-state index contributed by atoms with van der Waals surface area (Å²) in [6.07, 6.45) is 4.78. The van der Waals surface area contributed by atoms with Crippen LogP contribution >= 0.6 is 0 Å². The molecule has 1 atom stereocenters. The van der Waals surface area contributed by atoms with Crippen LogP contribution in [0.15, 0.2) is 17.2 Å². The third kappa shape index (κ3) is 3.72. The van der Waals surface area contributed by atoms with Crippen LogP contribution in [0.4, 0.5) is 0 Å². The number of nitrogens with zero attached hydrogens (tertiary/aromatic N) is 5. The van der Waals surface area contributed by atoms with E-state index in [0.717, 1.165) is 49.7 Å². The van der Waals surface area contributed by atoms with Gasteiger partial charge in [0.05, 0.1) is 12.6 Å². The number of nitrogens with one attached hydrogen (secondary N) is 1. The molecule has 130 valence electrons. The van der Waals surface area contributed by atoms with Gasteiger partial charge in [-0.2, -0.15) is 0 Å². The average Bonchev–Trinajstić information content (AvgIpc) is 3.15. The number of H-pyrrole nitrogens is 1. The van der Waals surface area contributed by atoms with Crippen LogP contribution in [-0.4, -0.2) is 36.2 Å². The second-order valence-corrected chi connectivity index (χ2v) is 6.90. The van der Waals surface area contributed by atoms with E-state index in [2.05, 4.69) is 43.5 Å². The molecule has 1 aliphatic heterocycles. The van der Waals surface area contributed by atoms with E-state index in [1.54, 1.807) is 6.07 Å². The summed E-state index contributed by atoms with van der Waals surface area (Å²) in [5.74, 6) is 2.31. The van der Waals surface area contributed by atoms with E-state index < -0.39 is 0 Å². The van der Waals surface area contributed by atoms with Crippen molar-refractivity contribution in [2.75, 3.05) is 6.54 Å². The minimum absolute atomic E-state index is 0.0735. The maximum Gasteiger partial charge on any atom is 0.251 e. The quantitative estimate of drug-likeness (QED) is 0.875. The molecule has 0 bridgehead atoms. The lowest BCUT2D eigenvalue weighted by Gasteiger charge is -2.24. The Labute approximate surface area is 142 Å². The molecule has 0 radical (unpaired) electrons. The van der Waals surface area contributed by atoms with Crippen LogP contribution in [0.1, 0.15) is 57.0 Å². The zero-order chi connectivity index (χ0) is 17.1. The minimum atomic E-state index is -0.0735. The van der Waals surface area contributed by atoms with Crippen molar-refractivity contribution >= 4 is 0 Å². The van der Waals surface area contributed by atoms with E-state index in [1.807, 2.05) is 13.3 Å². The first-order valence-electron chi connectivity index (χ1n) is 8.77. The van der Waals surface area contributed by atoms with Crippen LogP contribution in [0.5, 0.6) is 0 Å². The summed E-state index contributed by atoms with van der Waals surface area (Å²) in [5.41, 5.74) is 0.767. The van der Waals surface area contributed by atoms with Crippen LogP contribution < -0.4 is 5.56 Å². The van der Waals surface area contributed by atoms with Gasteiger partial charge in [-0.3, -0.25) is 9.69 Å². The first-order chi connectivity index (χ1) is 11.6. The molecule has 0 amide bonds. The Morgan fingerprint density at radius 3 is 3.00 bits per heavy atom. The standard InChI is InChI=1S/C17H26N6O/c1-4-13-8-16(24)20-15(19-13)10-22-7-5-6-14(22)17-21-18-11-23(17)9-12(2)3/h8,11-12,14H,4-7,9-10H2,1-3H3,(H,19,20,24)/t14-/m0/s1. The first-order valence-corrected chi connectivity index (χ1v) is 8.77. The van der Waals surface area contributed by atoms with Gasteiger partial charge in [-0.1, -0.05) is 20.8 Å². The maximum atomic E-state index is 11.8. The average molecular weight is 330 g/mol. The van der Waals surface area contributed by atoms with Crippen LogP contribution in [0.3, 0.4) is 0 Å². The predicted molar refractivity (Wildman–Crippen MR) is 91.5 cm³/mol. The summed E-state index contributed by atoms with van der Waals surface area (Å²) in [6.45, 7) is 8.95. The molecule has 1 aliphatic rings. The third-order valence-electron chi connectivity index (χ3n) is 4.43. The van der Waals surface area contributed by atoms with Crippen molar-refractivity contribution in [3.05, 3.63) is 40.1 Å². The second-order valence-electron chi connectivity index (χ2n) is 6.90. The van der Waals surface area contributed by atoms with Gasteiger partial charge in [0.1, 0.15) is 18.0 Å². The third-order valence-corrected chi connectivity index (χ3v) is 4.43. The topological polar surface area (TPSA) is 79.7 Å². The number of aryl methyl sites for hydroxylation is 1. The van der Waals surface area contributed by atoms with Crippen LogP contribution in [0.25, 0.3) is 0 Å². The summed E-state index contributed by atoms with van der Waals surface area (Å²) in [4.78, 5) is 21.6. The smallest absolute Gasteiger partial charge is 0.251 e. The van der Waals surface area contributed by atoms with E-state index in [-0.39, 0.29) is 11.6 Å². The molecule has 0 unspecified atom stereocenters. The zero-order valence-electron chi connectivity index (χ0n) is 14.7. The molecular formula is C17H26N6O. The largest absolute Gasteiger partial charge is 0.316 e. The number of likely N-dealkylation sites (tertiary alicyclic amines) is 1. The number of aromatic amines is 1. The molecule has 3 rings (SSSR count). The Morgan fingerprint density at radius 1 is 1.42 bits per heavy atom. The van der Waals surface area contributed by atoms with Gasteiger partial charge >= 0.3 is 0 Å². The van der Waals surface area contributed by atoms with Crippen molar-refractivity contribution in [3.8, 4) is 0 Å². The monoisotopic (exact) mass is 330 g/mol. The fourth-order valence-electron chi connectivity index (χ4n) is 3.38. The lowest BCUT2D eigenvalue weighted by molar-refractivity contribution is 0.227. The highest BCUT2D eigenvalue weighted by molar-refractivity contribution is 5.05. The van der Waals surface area contributed by atoms with Crippen molar-refractivity contribution in [1.82, 2.24) is 29.6 Å². The lowest BCUT2D eigenvalue weighted by Crippen LogP contribution is -2.28. The van der Waals surface area contributed by atoms with Crippen molar-refractivity contribution in [3.63, 3.8) is 0 Å². The lowest BCUT2D eigenvalue weighted by atomic mass is 10.2. The van der Waals surface area contributed by atoms with E-state index in [0.29, 0.717) is 12.5 Å². The molecule has 0 aromatic carbocycles. The van der Waals surface area contributed by atoms with Gasteiger partial charge in [-0.25, -0.2) is 4.98 Å². The molecule has 24 heavy (non-hydrogen) atoms. The van der Waals surface area contributed by atoms with E-state index in [1.165, 1.54) is 0 Å². The number of rotatable bonds is 6. The van der Waals surface area contributed by atoms with Gasteiger partial charge in [0.25, 0.3) is 5.56 Å². The first kappa shape index (κ1) is 16.8. The summed E-state index contributed by atoms with van der Waals surface area (Å²) in [5, 5.41) is 8.49. The van der Waals surface area contributed by atoms with Gasteiger partial charge in [0.15, 0.2) is 0 Å². The molecular weight excluding hydrogens is 304 g/mol. The summed E-state index contributed by atoms with van der Waals surface area (Å²) in [7, 11) is 0. The maximum absolute atomic E-state index is 11.8. The van der Waals surface area contributed by atoms with Gasteiger partial charge in [0, 0.05) is 18.3 Å². The SMILES string of the molecule is CCc1cc(=O)[nH]c(CN2CCC[C@H]2c2nncn2CC(C)C)n1. The highest BCUT2D eigenvalue weighted by atomic mass is 16.1. The van der Waals surface area contributed by atoms with E-state index in [4.69, 9.17) is 0 Å². The van der Waals surface area contributed by atoms with Gasteiger partial charge in [0.2, 0.25) is 0 Å². The Hall–Kier alpha value is -2.02. The Balaban J connectivity index is 1.80. The molecule has 0 aliphatic carbocycles. The molecule has 2 aromatic heterocycles. The number of aromatic nitrogens is 5. The molecule has 1 fully saturated rings. The highest BCUT2D eigenvalue weighted by Gasteiger charge is 2.30. The Bertz CT molecular complexity index is 735. The molecule has 7 heteroatoms. The van der Waals surface area contributed by atoms with Gasteiger partial charge < -0.3 is 9.55 Å². The zero-order valence-corrected chi connectivity index (χ0v) is 14.7. The van der Waals surface area contributed by atoms with Crippen molar-refractivity contribution in [2.24, 2.45) is 5.92 Å². The van der Waals surface area contributed by atoms with Crippen molar-refractivity contribution < 1.29 is 0 Å². The van der Waals surface area contributed by atoms with Crippen LogP contribution in [0, 0.1) is 5.92 Å². The van der Waals surface area contributed by atoms with E-state index >= 15 is 0 Å². The Morgan fingerprint density at radius 2 is 2.25 bits per heavy atom. The molecule has 0 saturated carbocycles. The molecule has 7 nitrogen and oxygen atoms in total. The van der Waals surface area contributed by atoms with Gasteiger partial charge in [-0.15, -0.1) is 10.2 Å². The normalized spacial score (nSPS) is 18.6. The fourth-order valence-corrected chi connectivity index (χ4v) is 3.38. The second kappa shape index (κ2) is 7.25. The van der Waals surface area contributed by atoms with Crippen LogP contribution in [-0.2, 0) is 19.5 Å². The van der Waals surface area contributed by atoms with Crippen molar-refractivity contribution in [1.29, 1.82) is 0 Å². The summed E-state index contributed by atoms with van der Waals surface area (Å²) >= 11 is 0. The Kier molecular flexibility index (Phi) is 5.08. The highest BCUT2D eigenvalue weighted by Crippen LogP contribution is 2.31. The summed E-state index contributed by atoms with van der Waals surface area (Å²) in [6, 6.07) is 1.81. The molecule has 1 N–H and O–H groups in total. The summed E-state index contributed by atoms with van der Waals surface area (Å²) < 4.78 is 2.16. The molecule has 2 aromatic rings. The minimum Gasteiger partial charge on any atom is -0.316 e. The van der Waals surface area contributed by atoms with E-state index in [9.17, 15) is 4.79 Å². The molecule has 0 spiro atoms. The number of hydrogen-bond acceptors (Lipinski definition) is 5. The predicted octanol–water partition coefficient (Wildman–Crippen LogP) is 1.92. The molecule has 1 saturated heterocycles.